The second kappa shape index (κ2) is 4.45. The van der Waals surface area contributed by atoms with Gasteiger partial charge in [0.05, 0.1) is 5.76 Å². The first-order valence-corrected chi connectivity index (χ1v) is 7.66. The van der Waals surface area contributed by atoms with Crippen LogP contribution in [-0.4, -0.2) is 14.1 Å². The average Bonchev–Trinajstić information content (AvgIpc) is 1.82. The summed E-state index contributed by atoms with van der Waals surface area (Å²) in [5, 5.41) is 0. The zero-order chi connectivity index (χ0) is 9.78. The highest BCUT2D eigenvalue weighted by atomic mass is 28.4. The fourth-order valence-corrected chi connectivity index (χ4v) is 1.87. The minimum atomic E-state index is -1.52. The number of allylic oxidation sites excluding steroid dienone is 2. The Morgan fingerprint density at radius 3 is 2.25 bits per heavy atom. The molecule has 3 heteroatoms. The van der Waals surface area contributed by atoms with Gasteiger partial charge in [0.15, 0.2) is 5.78 Å². The zero-order valence-electron chi connectivity index (χ0n) is 8.60. The molecule has 0 aliphatic carbocycles. The van der Waals surface area contributed by atoms with Crippen molar-refractivity contribution in [3.8, 4) is 0 Å². The van der Waals surface area contributed by atoms with Gasteiger partial charge in [0.1, 0.15) is 0 Å². The van der Waals surface area contributed by atoms with Crippen LogP contribution in [0.3, 0.4) is 0 Å². The molecule has 2 nitrogen and oxygen atoms in total. The Bertz CT molecular complexity index is 189. The summed E-state index contributed by atoms with van der Waals surface area (Å²) in [6, 6.07) is 0. The van der Waals surface area contributed by atoms with Crippen molar-refractivity contribution in [3.05, 3.63) is 11.8 Å². The van der Waals surface area contributed by atoms with Crippen LogP contribution in [0.5, 0.6) is 0 Å². The third-order valence-electron chi connectivity index (χ3n) is 1.18. The molecule has 12 heavy (non-hydrogen) atoms. The first-order chi connectivity index (χ1) is 5.35. The molecule has 0 unspecified atom stereocenters. The molecule has 0 saturated carbocycles. The summed E-state index contributed by atoms with van der Waals surface area (Å²) in [6.07, 6.45) is 2.13. The van der Waals surface area contributed by atoms with Gasteiger partial charge < -0.3 is 4.43 Å². The third-order valence-corrected chi connectivity index (χ3v) is 2.11. The monoisotopic (exact) mass is 186 g/mol. The van der Waals surface area contributed by atoms with E-state index in [2.05, 4.69) is 19.6 Å². The van der Waals surface area contributed by atoms with Crippen LogP contribution in [0.2, 0.25) is 19.6 Å². The molecule has 0 spiro atoms. The molecule has 0 aliphatic rings. The van der Waals surface area contributed by atoms with Crippen LogP contribution in [0.1, 0.15) is 20.3 Å². The lowest BCUT2D eigenvalue weighted by atomic mass is 10.3. The highest BCUT2D eigenvalue weighted by Gasteiger charge is 2.15. The van der Waals surface area contributed by atoms with Gasteiger partial charge >= 0.3 is 0 Å². The van der Waals surface area contributed by atoms with Crippen molar-refractivity contribution in [2.75, 3.05) is 0 Å². The number of hydrogen-bond acceptors (Lipinski definition) is 2. The maximum Gasteiger partial charge on any atom is 0.241 e. The van der Waals surface area contributed by atoms with Gasteiger partial charge in [0.2, 0.25) is 8.32 Å². The van der Waals surface area contributed by atoms with E-state index in [0.717, 1.165) is 5.76 Å². The summed E-state index contributed by atoms with van der Waals surface area (Å²) in [5.41, 5.74) is 0. The smallest absolute Gasteiger partial charge is 0.241 e. The largest absolute Gasteiger partial charge is 0.547 e. The standard InChI is InChI=1S/C9H18O2Si/c1-6-9(10)7-8(2)11-12(3,4)5/h7H,6H2,1-5H3/b8-7+. The Morgan fingerprint density at radius 2 is 1.92 bits per heavy atom. The summed E-state index contributed by atoms with van der Waals surface area (Å²) in [5.74, 6) is 0.881. The van der Waals surface area contributed by atoms with Gasteiger partial charge in [-0.3, -0.25) is 4.79 Å². The minimum Gasteiger partial charge on any atom is -0.547 e. The Balaban J connectivity index is 4.12. The predicted molar refractivity (Wildman–Crippen MR) is 53.5 cm³/mol. The lowest BCUT2D eigenvalue weighted by molar-refractivity contribution is -0.114. The van der Waals surface area contributed by atoms with Gasteiger partial charge in [-0.05, 0) is 26.6 Å². The lowest BCUT2D eigenvalue weighted by Crippen LogP contribution is -2.24. The molecule has 0 aromatic rings. The molecule has 0 saturated heterocycles. The summed E-state index contributed by atoms with van der Waals surface area (Å²) < 4.78 is 5.59. The van der Waals surface area contributed by atoms with Crippen molar-refractivity contribution in [3.63, 3.8) is 0 Å². The van der Waals surface area contributed by atoms with Crippen LogP contribution in [0.25, 0.3) is 0 Å². The Labute approximate surface area is 75.7 Å². The zero-order valence-corrected chi connectivity index (χ0v) is 9.60. The van der Waals surface area contributed by atoms with E-state index in [1.807, 2.05) is 13.8 Å². The predicted octanol–water partition coefficient (Wildman–Crippen LogP) is 2.72. The van der Waals surface area contributed by atoms with E-state index < -0.39 is 8.32 Å². The molecule has 0 bridgehead atoms. The molecule has 0 heterocycles. The van der Waals surface area contributed by atoms with Crippen LogP contribution >= 0.6 is 0 Å². The van der Waals surface area contributed by atoms with E-state index >= 15 is 0 Å². The van der Waals surface area contributed by atoms with Crippen molar-refractivity contribution in [2.24, 2.45) is 0 Å². The molecule has 0 aromatic carbocycles. The average molecular weight is 186 g/mol. The van der Waals surface area contributed by atoms with Crippen LogP contribution in [0.15, 0.2) is 11.8 Å². The molecular weight excluding hydrogens is 168 g/mol. The lowest BCUT2D eigenvalue weighted by Gasteiger charge is -2.19. The number of carbonyl (C=O) groups is 1. The van der Waals surface area contributed by atoms with Crippen LogP contribution < -0.4 is 0 Å². The first kappa shape index (κ1) is 11.4. The van der Waals surface area contributed by atoms with Crippen molar-refractivity contribution < 1.29 is 9.22 Å². The number of carbonyl (C=O) groups excluding carboxylic acids is 1. The Kier molecular flexibility index (Phi) is 4.24. The third kappa shape index (κ3) is 6.16. The van der Waals surface area contributed by atoms with E-state index in [-0.39, 0.29) is 5.78 Å². The van der Waals surface area contributed by atoms with Gasteiger partial charge in [-0.25, -0.2) is 0 Å². The van der Waals surface area contributed by atoms with Crippen molar-refractivity contribution in [1.82, 2.24) is 0 Å². The second-order valence-electron chi connectivity index (χ2n) is 3.79. The molecule has 0 atom stereocenters. The topological polar surface area (TPSA) is 26.3 Å². The molecular formula is C9H18O2Si. The molecule has 70 valence electrons. The normalized spacial score (nSPS) is 12.9. The summed E-state index contributed by atoms with van der Waals surface area (Å²) in [7, 11) is -1.52. The highest BCUT2D eigenvalue weighted by molar-refractivity contribution is 6.70. The van der Waals surface area contributed by atoms with Crippen molar-refractivity contribution in [1.29, 1.82) is 0 Å². The fourth-order valence-electron chi connectivity index (χ4n) is 0.841. The van der Waals surface area contributed by atoms with Crippen LogP contribution in [0.4, 0.5) is 0 Å². The molecule has 0 rings (SSSR count). The quantitative estimate of drug-likeness (QED) is 0.383. The summed E-state index contributed by atoms with van der Waals surface area (Å²) in [4.78, 5) is 11.0. The summed E-state index contributed by atoms with van der Waals surface area (Å²) in [6.45, 7) is 9.98. The number of ketones is 1. The molecule has 0 aliphatic heterocycles. The van der Waals surface area contributed by atoms with Gasteiger partial charge in [0, 0.05) is 12.5 Å². The van der Waals surface area contributed by atoms with Crippen molar-refractivity contribution >= 4 is 14.1 Å². The molecule has 0 radical (unpaired) electrons. The number of rotatable bonds is 4. The van der Waals surface area contributed by atoms with E-state index in [4.69, 9.17) is 4.43 Å². The van der Waals surface area contributed by atoms with Gasteiger partial charge in [-0.2, -0.15) is 0 Å². The first-order valence-electron chi connectivity index (χ1n) is 4.25. The van der Waals surface area contributed by atoms with Crippen LogP contribution in [-0.2, 0) is 9.22 Å². The molecule has 0 amide bonds. The van der Waals surface area contributed by atoms with Crippen molar-refractivity contribution in [2.45, 2.75) is 39.9 Å². The highest BCUT2D eigenvalue weighted by Crippen LogP contribution is 2.09. The van der Waals surface area contributed by atoms with E-state index in [1.165, 1.54) is 0 Å². The SMILES string of the molecule is CCC(=O)/C=C(\C)O[Si](C)(C)C. The summed E-state index contributed by atoms with van der Waals surface area (Å²) >= 11 is 0. The maximum atomic E-state index is 11.0. The minimum absolute atomic E-state index is 0.130. The van der Waals surface area contributed by atoms with E-state index in [9.17, 15) is 4.79 Å². The van der Waals surface area contributed by atoms with Gasteiger partial charge in [-0.1, -0.05) is 6.92 Å². The molecule has 0 N–H and O–H groups in total. The van der Waals surface area contributed by atoms with E-state index in [1.54, 1.807) is 6.08 Å². The second-order valence-corrected chi connectivity index (χ2v) is 8.22. The fraction of sp³-hybridized carbons (Fsp3) is 0.667. The van der Waals surface area contributed by atoms with Crippen LogP contribution in [0, 0.1) is 0 Å². The van der Waals surface area contributed by atoms with Gasteiger partial charge in [-0.15, -0.1) is 0 Å². The molecule has 0 fully saturated rings. The molecule has 0 aromatic heterocycles. The maximum absolute atomic E-state index is 11.0. The number of hydrogen-bond donors (Lipinski definition) is 0. The Hall–Kier alpha value is -0.573. The van der Waals surface area contributed by atoms with E-state index in [0.29, 0.717) is 6.42 Å². The van der Waals surface area contributed by atoms with Gasteiger partial charge in [0.25, 0.3) is 0 Å². The Morgan fingerprint density at radius 1 is 1.42 bits per heavy atom.